The Labute approximate surface area is 175 Å². The van der Waals surface area contributed by atoms with Crippen molar-refractivity contribution in [2.45, 2.75) is 46.6 Å². The van der Waals surface area contributed by atoms with E-state index in [-0.39, 0.29) is 28.2 Å². The zero-order valence-corrected chi connectivity index (χ0v) is 17.5. The SMILES string of the molecule is Cc1cc2c(cc1C)N[C@@H](c1cc([N+](=O)[O-])ccc1[O-])C1=C(CC(C)(C)CC1=O)N2. The molecule has 0 aromatic heterocycles. The summed E-state index contributed by atoms with van der Waals surface area (Å²) in [7, 11) is 0. The van der Waals surface area contributed by atoms with Gasteiger partial charge in [0.25, 0.3) is 5.69 Å². The molecule has 0 bridgehead atoms. The number of benzene rings is 2. The van der Waals surface area contributed by atoms with Crippen LogP contribution in [0.2, 0.25) is 0 Å². The first-order valence-corrected chi connectivity index (χ1v) is 9.92. The summed E-state index contributed by atoms with van der Waals surface area (Å²) < 4.78 is 0. The number of non-ortho nitro benzene ring substituents is 1. The molecule has 30 heavy (non-hydrogen) atoms. The van der Waals surface area contributed by atoms with Crippen LogP contribution in [0.1, 0.15) is 49.4 Å². The predicted molar refractivity (Wildman–Crippen MR) is 113 cm³/mol. The minimum Gasteiger partial charge on any atom is -0.872 e. The van der Waals surface area contributed by atoms with Gasteiger partial charge in [0.05, 0.1) is 22.3 Å². The molecule has 4 rings (SSSR count). The molecule has 7 heteroatoms. The average molecular weight is 406 g/mol. The highest BCUT2D eigenvalue weighted by Gasteiger charge is 2.39. The lowest BCUT2D eigenvalue weighted by molar-refractivity contribution is -0.385. The topological polar surface area (TPSA) is 107 Å². The number of anilines is 2. The first-order valence-electron chi connectivity index (χ1n) is 9.92. The highest BCUT2D eigenvalue weighted by molar-refractivity contribution is 6.01. The second-order valence-electron chi connectivity index (χ2n) is 9.00. The largest absolute Gasteiger partial charge is 0.872 e. The van der Waals surface area contributed by atoms with Gasteiger partial charge in [-0.2, -0.15) is 0 Å². The Kier molecular flexibility index (Phi) is 4.56. The Bertz CT molecular complexity index is 1120. The fourth-order valence-electron chi connectivity index (χ4n) is 4.32. The zero-order chi connectivity index (χ0) is 21.8. The van der Waals surface area contributed by atoms with E-state index in [9.17, 15) is 20.0 Å². The van der Waals surface area contributed by atoms with Crippen molar-refractivity contribution in [1.29, 1.82) is 0 Å². The van der Waals surface area contributed by atoms with Crippen molar-refractivity contribution in [3.63, 3.8) is 0 Å². The quantitative estimate of drug-likeness (QED) is 0.561. The smallest absolute Gasteiger partial charge is 0.269 e. The molecule has 2 aromatic rings. The molecule has 0 amide bonds. The molecule has 1 aliphatic heterocycles. The number of ketones is 1. The molecule has 1 aliphatic carbocycles. The molecule has 1 atom stereocenters. The molecule has 0 spiro atoms. The van der Waals surface area contributed by atoms with Crippen molar-refractivity contribution in [2.75, 3.05) is 10.6 Å². The van der Waals surface area contributed by atoms with Gasteiger partial charge in [0, 0.05) is 29.8 Å². The van der Waals surface area contributed by atoms with E-state index in [1.807, 2.05) is 39.8 Å². The monoisotopic (exact) mass is 406 g/mol. The number of hydrogen-bond donors (Lipinski definition) is 2. The van der Waals surface area contributed by atoms with Gasteiger partial charge in [-0.15, -0.1) is 5.75 Å². The van der Waals surface area contributed by atoms with E-state index in [0.29, 0.717) is 18.4 Å². The summed E-state index contributed by atoms with van der Waals surface area (Å²) in [6.45, 7) is 8.08. The van der Waals surface area contributed by atoms with E-state index >= 15 is 0 Å². The van der Waals surface area contributed by atoms with Crippen LogP contribution in [0.15, 0.2) is 41.6 Å². The van der Waals surface area contributed by atoms with Crippen LogP contribution in [-0.2, 0) is 4.79 Å². The first-order chi connectivity index (χ1) is 14.1. The highest BCUT2D eigenvalue weighted by Crippen LogP contribution is 2.47. The molecule has 0 fully saturated rings. The lowest BCUT2D eigenvalue weighted by Gasteiger charge is -2.35. The van der Waals surface area contributed by atoms with Gasteiger partial charge in [0.2, 0.25) is 0 Å². The molecule has 2 aromatic carbocycles. The molecule has 0 radical (unpaired) electrons. The number of allylic oxidation sites excluding steroid dienone is 1. The van der Waals surface area contributed by atoms with Crippen LogP contribution in [0.4, 0.5) is 17.1 Å². The summed E-state index contributed by atoms with van der Waals surface area (Å²) >= 11 is 0. The fourth-order valence-corrected chi connectivity index (χ4v) is 4.32. The Morgan fingerprint density at radius 1 is 1.07 bits per heavy atom. The number of nitrogens with one attached hydrogen (secondary N) is 2. The summed E-state index contributed by atoms with van der Waals surface area (Å²) in [4.78, 5) is 24.0. The molecule has 0 unspecified atom stereocenters. The third-order valence-electron chi connectivity index (χ3n) is 5.94. The van der Waals surface area contributed by atoms with Crippen LogP contribution in [0.3, 0.4) is 0 Å². The molecular weight excluding hydrogens is 382 g/mol. The van der Waals surface area contributed by atoms with Crippen LogP contribution in [-0.4, -0.2) is 10.7 Å². The number of Topliss-reactive ketones (excluding diaryl/α,β-unsaturated/α-hetero) is 1. The number of carbonyl (C=O) groups excluding carboxylic acids is 1. The van der Waals surface area contributed by atoms with Gasteiger partial charge in [0.1, 0.15) is 0 Å². The summed E-state index contributed by atoms with van der Waals surface area (Å²) in [5.74, 6) is -0.395. The number of carbonyl (C=O) groups is 1. The van der Waals surface area contributed by atoms with Crippen molar-refractivity contribution in [1.82, 2.24) is 0 Å². The minimum atomic E-state index is -0.758. The third-order valence-corrected chi connectivity index (χ3v) is 5.94. The van der Waals surface area contributed by atoms with Crippen molar-refractivity contribution in [2.24, 2.45) is 5.41 Å². The van der Waals surface area contributed by atoms with E-state index in [1.54, 1.807) is 0 Å². The maximum absolute atomic E-state index is 13.2. The molecule has 2 aliphatic rings. The van der Waals surface area contributed by atoms with Gasteiger partial charge in [-0.25, -0.2) is 0 Å². The highest BCUT2D eigenvalue weighted by atomic mass is 16.6. The van der Waals surface area contributed by atoms with Crippen molar-refractivity contribution in [3.8, 4) is 5.75 Å². The first kappa shape index (κ1) is 19.9. The molecule has 2 N–H and O–H groups in total. The number of nitro groups is 1. The van der Waals surface area contributed by atoms with E-state index < -0.39 is 11.0 Å². The van der Waals surface area contributed by atoms with E-state index in [1.165, 1.54) is 18.2 Å². The van der Waals surface area contributed by atoms with Crippen LogP contribution in [0, 0.1) is 29.4 Å². The van der Waals surface area contributed by atoms with E-state index in [0.717, 1.165) is 28.2 Å². The summed E-state index contributed by atoms with van der Waals surface area (Å²) in [5, 5.41) is 30.8. The number of nitro benzene ring substituents is 1. The van der Waals surface area contributed by atoms with Gasteiger partial charge in [-0.1, -0.05) is 19.9 Å². The lowest BCUT2D eigenvalue weighted by atomic mass is 9.73. The number of aryl methyl sites for hydroxylation is 2. The van der Waals surface area contributed by atoms with Crippen molar-refractivity contribution < 1.29 is 14.8 Å². The molecule has 156 valence electrons. The Morgan fingerprint density at radius 3 is 2.40 bits per heavy atom. The van der Waals surface area contributed by atoms with Crippen LogP contribution in [0.25, 0.3) is 0 Å². The summed E-state index contributed by atoms with van der Waals surface area (Å²) in [6.07, 6.45) is 0.991. The van der Waals surface area contributed by atoms with E-state index in [4.69, 9.17) is 0 Å². The Hall–Kier alpha value is -3.35. The summed E-state index contributed by atoms with van der Waals surface area (Å²) in [5.41, 5.74) is 4.82. The fraction of sp³-hybridized carbons (Fsp3) is 0.348. The molecule has 1 heterocycles. The van der Waals surface area contributed by atoms with Crippen LogP contribution >= 0.6 is 0 Å². The minimum absolute atomic E-state index is 0.0570. The van der Waals surface area contributed by atoms with Gasteiger partial charge in [-0.3, -0.25) is 14.9 Å². The Balaban J connectivity index is 1.95. The molecular formula is C23H24N3O4-. The molecule has 7 nitrogen and oxygen atoms in total. The molecule has 0 saturated carbocycles. The average Bonchev–Trinajstić information content (AvgIpc) is 2.78. The Morgan fingerprint density at radius 2 is 1.73 bits per heavy atom. The number of rotatable bonds is 2. The lowest BCUT2D eigenvalue weighted by Crippen LogP contribution is -2.31. The predicted octanol–water partition coefficient (Wildman–Crippen LogP) is 4.51. The van der Waals surface area contributed by atoms with Crippen LogP contribution in [0.5, 0.6) is 5.75 Å². The number of nitrogens with zero attached hydrogens (tertiary/aromatic N) is 1. The van der Waals surface area contributed by atoms with Gasteiger partial charge in [-0.05, 0) is 54.5 Å². The van der Waals surface area contributed by atoms with Crippen molar-refractivity contribution in [3.05, 3.63) is 68.4 Å². The number of hydrogen-bond acceptors (Lipinski definition) is 6. The van der Waals surface area contributed by atoms with Gasteiger partial charge >= 0.3 is 0 Å². The second kappa shape index (κ2) is 6.86. The van der Waals surface area contributed by atoms with Crippen LogP contribution < -0.4 is 15.7 Å². The third kappa shape index (κ3) is 3.40. The number of fused-ring (bicyclic) bond motifs is 1. The second-order valence-corrected chi connectivity index (χ2v) is 9.00. The van der Waals surface area contributed by atoms with Gasteiger partial charge < -0.3 is 15.7 Å². The zero-order valence-electron chi connectivity index (χ0n) is 17.5. The maximum atomic E-state index is 13.2. The van der Waals surface area contributed by atoms with Gasteiger partial charge in [0.15, 0.2) is 5.78 Å². The standard InChI is InChI=1S/C23H25N3O4/c1-12-7-16-17(8-13(12)2)25-22(15-9-14(26(29)30)5-6-19(15)27)21-18(24-16)10-23(3,4)11-20(21)28/h5-9,22,24-25,27H,10-11H2,1-4H3/p-1/t22-/m0/s1. The maximum Gasteiger partial charge on any atom is 0.269 e. The normalized spacial score (nSPS) is 19.9. The van der Waals surface area contributed by atoms with Crippen molar-refractivity contribution >= 4 is 22.8 Å². The van der Waals surface area contributed by atoms with E-state index in [2.05, 4.69) is 10.6 Å². The summed E-state index contributed by atoms with van der Waals surface area (Å²) in [6, 6.07) is 6.91. The molecule has 0 saturated heterocycles.